The minimum Gasteiger partial charge on any atom is -0.497 e. The Bertz CT molecular complexity index is 950. The van der Waals surface area contributed by atoms with Crippen molar-refractivity contribution in [2.75, 3.05) is 12.4 Å². The number of urea groups is 1. The van der Waals surface area contributed by atoms with E-state index < -0.39 is 17.8 Å². The van der Waals surface area contributed by atoms with Crippen molar-refractivity contribution in [3.8, 4) is 5.75 Å². The molecule has 3 rings (SSSR count). The number of nitrogens with one attached hydrogen (secondary N) is 3. The third-order valence-corrected chi connectivity index (χ3v) is 4.05. The average Bonchev–Trinajstić information content (AvgIpc) is 3.10. The van der Waals surface area contributed by atoms with E-state index in [1.807, 2.05) is 24.3 Å². The summed E-state index contributed by atoms with van der Waals surface area (Å²) in [5.41, 5.74) is 1.49. The normalized spacial score (nSPS) is 11.6. The van der Waals surface area contributed by atoms with Crippen molar-refractivity contribution in [1.29, 1.82) is 0 Å². The Labute approximate surface area is 159 Å². The van der Waals surface area contributed by atoms with E-state index in [9.17, 15) is 9.59 Å². The van der Waals surface area contributed by atoms with Crippen LogP contribution in [-0.4, -0.2) is 23.3 Å². The molecule has 1 atom stereocenters. The summed E-state index contributed by atoms with van der Waals surface area (Å²) in [6.07, 6.45) is 0.389. The van der Waals surface area contributed by atoms with Gasteiger partial charge in [0, 0.05) is 17.1 Å². The lowest BCUT2D eigenvalue weighted by Gasteiger charge is -2.17. The smallest absolute Gasteiger partial charge is 0.438 e. The number of carbonyl (C=O) groups excluding carboxylic acids is 1. The Balaban J connectivity index is 1.74. The van der Waals surface area contributed by atoms with Crippen molar-refractivity contribution >= 4 is 23.3 Å². The van der Waals surface area contributed by atoms with E-state index in [1.165, 1.54) is 0 Å². The molecule has 0 fully saturated rings. The zero-order valence-corrected chi connectivity index (χ0v) is 15.1. The van der Waals surface area contributed by atoms with Gasteiger partial charge in [0.2, 0.25) is 0 Å². The maximum absolute atomic E-state index is 12.4. The van der Waals surface area contributed by atoms with Crippen LogP contribution in [-0.2, 0) is 6.42 Å². The summed E-state index contributed by atoms with van der Waals surface area (Å²) in [5.74, 6) is 0.255. The number of hydrogen-bond donors (Lipinski definition) is 3. The SMILES string of the molecule is COc1ccc(CC(NC(=O)Nc2ccc(Cl)cc2)c2noc(=O)[nH]2)cc1. The zero-order valence-electron chi connectivity index (χ0n) is 14.4. The van der Waals surface area contributed by atoms with Gasteiger partial charge in [-0.25, -0.2) is 9.59 Å². The number of nitrogens with zero attached hydrogens (tertiary/aromatic N) is 1. The first kappa shape index (κ1) is 18.5. The molecule has 0 saturated carbocycles. The molecular weight excluding hydrogens is 372 g/mol. The lowest BCUT2D eigenvalue weighted by molar-refractivity contribution is 0.247. The molecule has 0 bridgehead atoms. The number of rotatable bonds is 6. The quantitative estimate of drug-likeness (QED) is 0.601. The van der Waals surface area contributed by atoms with Crippen LogP contribution in [0.1, 0.15) is 17.4 Å². The highest BCUT2D eigenvalue weighted by atomic mass is 35.5. The zero-order chi connectivity index (χ0) is 19.2. The second kappa shape index (κ2) is 8.41. The lowest BCUT2D eigenvalue weighted by atomic mass is 10.1. The van der Waals surface area contributed by atoms with E-state index in [0.29, 0.717) is 17.1 Å². The van der Waals surface area contributed by atoms with Crippen molar-refractivity contribution in [2.45, 2.75) is 12.5 Å². The van der Waals surface area contributed by atoms with Crippen molar-refractivity contribution in [1.82, 2.24) is 15.5 Å². The van der Waals surface area contributed by atoms with Crippen LogP contribution in [0.5, 0.6) is 5.75 Å². The monoisotopic (exact) mass is 388 g/mol. The maximum atomic E-state index is 12.4. The lowest BCUT2D eigenvalue weighted by Crippen LogP contribution is -2.34. The van der Waals surface area contributed by atoms with Crippen LogP contribution < -0.4 is 21.1 Å². The number of hydrogen-bond acceptors (Lipinski definition) is 5. The van der Waals surface area contributed by atoms with E-state index in [2.05, 4.69) is 25.3 Å². The van der Waals surface area contributed by atoms with E-state index in [4.69, 9.17) is 16.3 Å². The second-order valence-electron chi connectivity index (χ2n) is 5.69. The Morgan fingerprint density at radius 2 is 1.93 bits per heavy atom. The number of H-pyrrole nitrogens is 1. The summed E-state index contributed by atoms with van der Waals surface area (Å²) in [5, 5.41) is 9.74. The highest BCUT2D eigenvalue weighted by Gasteiger charge is 2.20. The summed E-state index contributed by atoms with van der Waals surface area (Å²) in [6, 6.07) is 13.0. The van der Waals surface area contributed by atoms with Gasteiger partial charge in [0.25, 0.3) is 0 Å². The second-order valence-corrected chi connectivity index (χ2v) is 6.13. The Kier molecular flexibility index (Phi) is 5.77. The van der Waals surface area contributed by atoms with Gasteiger partial charge in [-0.15, -0.1) is 0 Å². The largest absolute Gasteiger partial charge is 0.497 e. The van der Waals surface area contributed by atoms with Gasteiger partial charge in [0.1, 0.15) is 5.75 Å². The molecule has 2 aromatic carbocycles. The first-order valence-electron chi connectivity index (χ1n) is 8.05. The molecule has 27 heavy (non-hydrogen) atoms. The Morgan fingerprint density at radius 1 is 1.22 bits per heavy atom. The van der Waals surface area contributed by atoms with Crippen molar-refractivity contribution < 1.29 is 14.1 Å². The van der Waals surface area contributed by atoms with Crippen LogP contribution in [0.15, 0.2) is 57.8 Å². The predicted octanol–water partition coefficient (Wildman–Crippen LogP) is 3.13. The van der Waals surface area contributed by atoms with E-state index >= 15 is 0 Å². The van der Waals surface area contributed by atoms with Crippen LogP contribution >= 0.6 is 11.6 Å². The summed E-state index contributed by atoms with van der Waals surface area (Å²) in [6.45, 7) is 0. The molecular formula is C18H17ClN4O4. The minimum atomic E-state index is -0.690. The van der Waals surface area contributed by atoms with Gasteiger partial charge < -0.3 is 15.4 Å². The van der Waals surface area contributed by atoms with Crippen LogP contribution in [0, 0.1) is 0 Å². The van der Waals surface area contributed by atoms with Gasteiger partial charge >= 0.3 is 11.8 Å². The molecule has 0 saturated heterocycles. The minimum absolute atomic E-state index is 0.224. The van der Waals surface area contributed by atoms with Crippen LogP contribution in [0.25, 0.3) is 0 Å². The van der Waals surface area contributed by atoms with Crippen molar-refractivity contribution in [3.63, 3.8) is 0 Å². The number of halogens is 1. The molecule has 1 aromatic heterocycles. The fourth-order valence-electron chi connectivity index (χ4n) is 2.46. The molecule has 2 amide bonds. The first-order valence-corrected chi connectivity index (χ1v) is 8.43. The van der Waals surface area contributed by atoms with Gasteiger partial charge in [-0.1, -0.05) is 28.9 Å². The molecule has 3 aromatic rings. The predicted molar refractivity (Wildman–Crippen MR) is 100 cm³/mol. The van der Waals surface area contributed by atoms with E-state index in [-0.39, 0.29) is 5.82 Å². The molecule has 0 spiro atoms. The van der Waals surface area contributed by atoms with E-state index in [0.717, 1.165) is 11.3 Å². The van der Waals surface area contributed by atoms with Crippen LogP contribution in [0.2, 0.25) is 5.02 Å². The Morgan fingerprint density at radius 3 is 2.52 bits per heavy atom. The van der Waals surface area contributed by atoms with Gasteiger partial charge in [0.05, 0.1) is 13.2 Å². The molecule has 8 nitrogen and oxygen atoms in total. The van der Waals surface area contributed by atoms with Crippen LogP contribution in [0.3, 0.4) is 0 Å². The molecule has 1 unspecified atom stereocenters. The molecule has 9 heteroatoms. The summed E-state index contributed by atoms with van der Waals surface area (Å²) in [7, 11) is 1.58. The number of methoxy groups -OCH3 is 1. The maximum Gasteiger partial charge on any atom is 0.438 e. The molecule has 3 N–H and O–H groups in total. The summed E-state index contributed by atoms with van der Waals surface area (Å²) in [4.78, 5) is 26.1. The van der Waals surface area contributed by atoms with Gasteiger partial charge in [0.15, 0.2) is 5.82 Å². The fourth-order valence-corrected chi connectivity index (χ4v) is 2.59. The number of aromatic nitrogens is 2. The first-order chi connectivity index (χ1) is 13.0. The number of amides is 2. The third-order valence-electron chi connectivity index (χ3n) is 3.79. The fraction of sp³-hybridized carbons (Fsp3) is 0.167. The molecule has 140 valence electrons. The summed E-state index contributed by atoms with van der Waals surface area (Å²) < 4.78 is 9.70. The van der Waals surface area contributed by atoms with Gasteiger partial charge in [-0.05, 0) is 42.0 Å². The number of aromatic amines is 1. The number of carbonyl (C=O) groups is 1. The molecule has 0 aliphatic heterocycles. The van der Waals surface area contributed by atoms with Gasteiger partial charge in [-0.3, -0.25) is 9.51 Å². The molecule has 0 aliphatic rings. The van der Waals surface area contributed by atoms with Crippen LogP contribution in [0.4, 0.5) is 10.5 Å². The average molecular weight is 389 g/mol. The number of ether oxygens (including phenoxy) is 1. The summed E-state index contributed by atoms with van der Waals surface area (Å²) >= 11 is 5.84. The van der Waals surface area contributed by atoms with Crippen molar-refractivity contribution in [3.05, 3.63) is 75.5 Å². The highest BCUT2D eigenvalue weighted by Crippen LogP contribution is 2.18. The van der Waals surface area contributed by atoms with Crippen molar-refractivity contribution in [2.24, 2.45) is 0 Å². The molecule has 0 aliphatic carbocycles. The van der Waals surface area contributed by atoms with E-state index in [1.54, 1.807) is 31.4 Å². The Hall–Kier alpha value is -3.26. The number of benzene rings is 2. The highest BCUT2D eigenvalue weighted by molar-refractivity contribution is 6.30. The van der Waals surface area contributed by atoms with Gasteiger partial charge in [-0.2, -0.15) is 0 Å². The topological polar surface area (TPSA) is 109 Å². The molecule has 0 radical (unpaired) electrons. The number of anilines is 1. The third kappa shape index (κ3) is 5.11. The standard InChI is InChI=1S/C18H17ClN4O4/c1-26-14-8-2-11(3-9-14)10-15(16-22-18(25)27-23-16)21-17(24)20-13-6-4-12(19)5-7-13/h2-9,15H,10H2,1H3,(H2,20,21,24)(H,22,23,25). The molecule has 1 heterocycles.